The molecule has 1 aromatic heterocycles. The van der Waals surface area contributed by atoms with Gasteiger partial charge in [-0.3, -0.25) is 0 Å². The zero-order chi connectivity index (χ0) is 12.3. The lowest BCUT2D eigenvalue weighted by Gasteiger charge is -2.26. The van der Waals surface area contributed by atoms with Gasteiger partial charge in [-0.15, -0.1) is 0 Å². The molecular formula is C14H22N2O. The van der Waals surface area contributed by atoms with E-state index in [0.717, 1.165) is 30.2 Å². The van der Waals surface area contributed by atoms with Crippen LogP contribution in [0.1, 0.15) is 51.1 Å². The van der Waals surface area contributed by atoms with Crippen LogP contribution in [0.2, 0.25) is 0 Å². The van der Waals surface area contributed by atoms with E-state index in [4.69, 9.17) is 10.5 Å². The quantitative estimate of drug-likeness (QED) is 0.874. The summed E-state index contributed by atoms with van der Waals surface area (Å²) < 4.78 is 5.93. The second-order valence-corrected chi connectivity index (χ2v) is 5.22. The highest BCUT2D eigenvalue weighted by Crippen LogP contribution is 2.27. The first kappa shape index (κ1) is 12.4. The normalized spacial score (nSPS) is 26.5. The third-order valence-electron chi connectivity index (χ3n) is 3.53. The van der Waals surface area contributed by atoms with E-state index >= 15 is 0 Å². The summed E-state index contributed by atoms with van der Waals surface area (Å²) in [6, 6.07) is 3.94. The van der Waals surface area contributed by atoms with Crippen LogP contribution in [0.4, 0.5) is 0 Å². The van der Waals surface area contributed by atoms with Crippen molar-refractivity contribution in [3.8, 4) is 5.88 Å². The van der Waals surface area contributed by atoms with E-state index in [0.29, 0.717) is 6.10 Å². The minimum Gasteiger partial charge on any atom is -0.474 e. The summed E-state index contributed by atoms with van der Waals surface area (Å²) in [7, 11) is 0. The molecule has 2 N–H and O–H groups in total. The van der Waals surface area contributed by atoms with Crippen molar-refractivity contribution in [2.75, 3.05) is 0 Å². The van der Waals surface area contributed by atoms with Gasteiger partial charge in [0, 0.05) is 18.3 Å². The van der Waals surface area contributed by atoms with Crippen LogP contribution in [0, 0.1) is 5.92 Å². The van der Waals surface area contributed by atoms with Gasteiger partial charge in [0.25, 0.3) is 0 Å². The number of nitrogens with zero attached hydrogens (tertiary/aromatic N) is 1. The molecule has 0 amide bonds. The van der Waals surface area contributed by atoms with Crippen molar-refractivity contribution < 1.29 is 4.74 Å². The second-order valence-electron chi connectivity index (χ2n) is 5.22. The number of ether oxygens (including phenoxy) is 1. The molecule has 0 saturated heterocycles. The van der Waals surface area contributed by atoms with E-state index < -0.39 is 0 Å². The highest BCUT2D eigenvalue weighted by Gasteiger charge is 2.19. The maximum absolute atomic E-state index is 5.93. The van der Waals surface area contributed by atoms with E-state index in [9.17, 15) is 0 Å². The van der Waals surface area contributed by atoms with Crippen LogP contribution in [-0.4, -0.2) is 11.1 Å². The molecule has 1 saturated carbocycles. The smallest absolute Gasteiger partial charge is 0.213 e. The average molecular weight is 234 g/mol. The van der Waals surface area contributed by atoms with Crippen molar-refractivity contribution in [1.29, 1.82) is 0 Å². The summed E-state index contributed by atoms with van der Waals surface area (Å²) in [5.41, 5.74) is 6.93. The fourth-order valence-corrected chi connectivity index (χ4v) is 2.29. The molecule has 17 heavy (non-hydrogen) atoms. The van der Waals surface area contributed by atoms with E-state index in [-0.39, 0.29) is 6.04 Å². The summed E-state index contributed by atoms with van der Waals surface area (Å²) in [6.45, 7) is 4.28. The van der Waals surface area contributed by atoms with Crippen molar-refractivity contribution in [3.63, 3.8) is 0 Å². The zero-order valence-corrected chi connectivity index (χ0v) is 10.7. The molecule has 0 unspecified atom stereocenters. The van der Waals surface area contributed by atoms with Gasteiger partial charge in [-0.05, 0) is 50.2 Å². The lowest BCUT2D eigenvalue weighted by molar-refractivity contribution is 0.130. The molecule has 2 rings (SSSR count). The lowest BCUT2D eigenvalue weighted by Crippen LogP contribution is -2.23. The van der Waals surface area contributed by atoms with Crippen molar-refractivity contribution in [3.05, 3.63) is 23.9 Å². The van der Waals surface area contributed by atoms with Crippen LogP contribution in [0.5, 0.6) is 5.88 Å². The molecule has 0 spiro atoms. The molecule has 3 nitrogen and oxygen atoms in total. The molecule has 0 aliphatic heterocycles. The zero-order valence-electron chi connectivity index (χ0n) is 10.7. The maximum atomic E-state index is 5.93. The Bertz CT molecular complexity index is 357. The summed E-state index contributed by atoms with van der Waals surface area (Å²) in [5, 5.41) is 0. The van der Waals surface area contributed by atoms with Crippen molar-refractivity contribution >= 4 is 0 Å². The van der Waals surface area contributed by atoms with Gasteiger partial charge in [-0.1, -0.05) is 6.92 Å². The summed E-state index contributed by atoms with van der Waals surface area (Å²) in [4.78, 5) is 4.26. The maximum Gasteiger partial charge on any atom is 0.213 e. The molecule has 94 valence electrons. The van der Waals surface area contributed by atoms with Crippen molar-refractivity contribution in [2.45, 2.75) is 51.7 Å². The topological polar surface area (TPSA) is 48.1 Å². The van der Waals surface area contributed by atoms with Gasteiger partial charge < -0.3 is 10.5 Å². The molecular weight excluding hydrogens is 212 g/mol. The molecule has 1 fully saturated rings. The average Bonchev–Trinajstić information content (AvgIpc) is 2.32. The second kappa shape index (κ2) is 5.50. The van der Waals surface area contributed by atoms with E-state index in [2.05, 4.69) is 11.9 Å². The van der Waals surface area contributed by atoms with Crippen LogP contribution >= 0.6 is 0 Å². The van der Waals surface area contributed by atoms with Gasteiger partial charge in [-0.25, -0.2) is 4.98 Å². The molecule has 0 bridgehead atoms. The Morgan fingerprint density at radius 1 is 1.35 bits per heavy atom. The van der Waals surface area contributed by atoms with E-state index in [1.807, 2.05) is 19.1 Å². The predicted molar refractivity (Wildman–Crippen MR) is 68.9 cm³/mol. The minimum atomic E-state index is 0.0340. The van der Waals surface area contributed by atoms with Crippen LogP contribution in [0.3, 0.4) is 0 Å². The molecule has 1 heterocycles. The van der Waals surface area contributed by atoms with Gasteiger partial charge in [0.1, 0.15) is 6.10 Å². The van der Waals surface area contributed by atoms with Gasteiger partial charge in [0.05, 0.1) is 0 Å². The Hall–Kier alpha value is -1.09. The third-order valence-corrected chi connectivity index (χ3v) is 3.53. The first-order chi connectivity index (χ1) is 8.15. The van der Waals surface area contributed by atoms with E-state index in [1.54, 1.807) is 6.20 Å². The van der Waals surface area contributed by atoms with Crippen LogP contribution < -0.4 is 10.5 Å². The Labute approximate surface area is 103 Å². The molecule has 0 aromatic carbocycles. The number of hydrogen-bond donors (Lipinski definition) is 1. The van der Waals surface area contributed by atoms with Crippen molar-refractivity contribution in [2.24, 2.45) is 11.7 Å². The molecule has 3 heteroatoms. The summed E-state index contributed by atoms with van der Waals surface area (Å²) in [5.74, 6) is 1.57. The first-order valence-electron chi connectivity index (χ1n) is 6.53. The Balaban J connectivity index is 1.96. The number of nitrogens with two attached hydrogens (primary N) is 1. The third kappa shape index (κ3) is 3.43. The number of aromatic nitrogens is 1. The lowest BCUT2D eigenvalue weighted by atomic mass is 9.89. The van der Waals surface area contributed by atoms with Gasteiger partial charge in [0.2, 0.25) is 5.88 Å². The fourth-order valence-electron chi connectivity index (χ4n) is 2.29. The fraction of sp³-hybridized carbons (Fsp3) is 0.643. The monoisotopic (exact) mass is 234 g/mol. The van der Waals surface area contributed by atoms with Gasteiger partial charge in [0.15, 0.2) is 0 Å². The van der Waals surface area contributed by atoms with Gasteiger partial charge >= 0.3 is 0 Å². The summed E-state index contributed by atoms with van der Waals surface area (Å²) in [6.07, 6.45) is 6.92. The SMILES string of the molecule is CC1CCC(Oc2cc([C@H](C)N)ccn2)CC1. The largest absolute Gasteiger partial charge is 0.474 e. The molecule has 1 aliphatic carbocycles. The molecule has 1 atom stereocenters. The van der Waals surface area contributed by atoms with Crippen molar-refractivity contribution in [1.82, 2.24) is 4.98 Å². The first-order valence-corrected chi connectivity index (χ1v) is 6.53. The van der Waals surface area contributed by atoms with Crippen LogP contribution in [-0.2, 0) is 0 Å². The molecule has 1 aromatic rings. The number of pyridine rings is 1. The Morgan fingerprint density at radius 3 is 2.71 bits per heavy atom. The molecule has 1 aliphatic rings. The highest BCUT2D eigenvalue weighted by atomic mass is 16.5. The number of rotatable bonds is 3. The highest BCUT2D eigenvalue weighted by molar-refractivity contribution is 5.23. The minimum absolute atomic E-state index is 0.0340. The van der Waals surface area contributed by atoms with Gasteiger partial charge in [-0.2, -0.15) is 0 Å². The standard InChI is InChI=1S/C14H22N2O/c1-10-3-5-13(6-4-10)17-14-9-12(11(2)15)7-8-16-14/h7-11,13H,3-6,15H2,1-2H3/t10?,11-,13?/m0/s1. The van der Waals surface area contributed by atoms with E-state index in [1.165, 1.54) is 12.8 Å². The summed E-state index contributed by atoms with van der Waals surface area (Å²) >= 11 is 0. The van der Waals surface area contributed by atoms with Crippen LogP contribution in [0.15, 0.2) is 18.3 Å². The predicted octanol–water partition coefficient (Wildman–Crippen LogP) is 3.06. The van der Waals surface area contributed by atoms with Crippen LogP contribution in [0.25, 0.3) is 0 Å². The number of hydrogen-bond acceptors (Lipinski definition) is 3. The Morgan fingerprint density at radius 2 is 2.06 bits per heavy atom. The molecule has 0 radical (unpaired) electrons. The Kier molecular flexibility index (Phi) is 4.00.